The van der Waals surface area contributed by atoms with Crippen molar-refractivity contribution in [3.05, 3.63) is 5.82 Å². The molecule has 0 atom stereocenters. The molecule has 19 heavy (non-hydrogen) atoms. The Morgan fingerprint density at radius 3 is 2.63 bits per heavy atom. The second-order valence-electron chi connectivity index (χ2n) is 5.74. The minimum atomic E-state index is 0.0695. The Morgan fingerprint density at radius 1 is 1.21 bits per heavy atom. The van der Waals surface area contributed by atoms with Crippen molar-refractivity contribution in [2.45, 2.75) is 65.6 Å². The lowest BCUT2D eigenvalue weighted by molar-refractivity contribution is 0.125. The van der Waals surface area contributed by atoms with Gasteiger partial charge in [0.15, 0.2) is 5.82 Å². The van der Waals surface area contributed by atoms with Crippen molar-refractivity contribution in [3.63, 3.8) is 0 Å². The number of aryl methyl sites for hydroxylation is 1. The fraction of sp³-hybridized carbons (Fsp3) is 0.923. The number of unbranched alkanes of at least 4 members (excludes halogenated alkanes) is 1. The van der Waals surface area contributed by atoms with Gasteiger partial charge in [-0.3, -0.25) is 0 Å². The minimum Gasteiger partial charge on any atom is -0.381 e. The molecule has 0 saturated heterocycles. The van der Waals surface area contributed by atoms with Crippen LogP contribution in [0.4, 0.5) is 0 Å². The first-order valence-corrected chi connectivity index (χ1v) is 7.11. The predicted octanol–water partition coefficient (Wildman–Crippen LogP) is 1.77. The van der Waals surface area contributed by atoms with Crippen molar-refractivity contribution in [2.75, 3.05) is 13.2 Å². The summed E-state index contributed by atoms with van der Waals surface area (Å²) in [7, 11) is 0. The molecular formula is C13H27N5O. The molecule has 0 unspecified atom stereocenters. The number of nitrogens with one attached hydrogen (secondary N) is 1. The van der Waals surface area contributed by atoms with Gasteiger partial charge < -0.3 is 10.1 Å². The molecule has 1 N–H and O–H groups in total. The summed E-state index contributed by atoms with van der Waals surface area (Å²) in [5.74, 6) is 0.878. The molecule has 6 nitrogen and oxygen atoms in total. The SMILES string of the molecule is CCCCOCCCn1nnnc1CNC(C)(C)C. The summed E-state index contributed by atoms with van der Waals surface area (Å²) in [5, 5.41) is 15.2. The highest BCUT2D eigenvalue weighted by atomic mass is 16.5. The molecule has 0 aliphatic heterocycles. The predicted molar refractivity (Wildman–Crippen MR) is 74.8 cm³/mol. The molecule has 0 aliphatic rings. The van der Waals surface area contributed by atoms with Gasteiger partial charge in [0.25, 0.3) is 0 Å². The second kappa shape index (κ2) is 8.22. The molecular weight excluding hydrogens is 242 g/mol. The van der Waals surface area contributed by atoms with E-state index in [4.69, 9.17) is 4.74 Å². The van der Waals surface area contributed by atoms with Gasteiger partial charge in [-0.05, 0) is 44.0 Å². The third kappa shape index (κ3) is 7.22. The second-order valence-corrected chi connectivity index (χ2v) is 5.74. The van der Waals surface area contributed by atoms with E-state index < -0.39 is 0 Å². The average molecular weight is 269 g/mol. The molecule has 0 spiro atoms. The summed E-state index contributed by atoms with van der Waals surface area (Å²) in [4.78, 5) is 0. The van der Waals surface area contributed by atoms with Crippen LogP contribution in [0, 0.1) is 0 Å². The first kappa shape index (κ1) is 16.0. The van der Waals surface area contributed by atoms with Crippen molar-refractivity contribution >= 4 is 0 Å². The molecule has 0 amide bonds. The number of aromatic nitrogens is 4. The van der Waals surface area contributed by atoms with Crippen LogP contribution in [0.2, 0.25) is 0 Å². The van der Waals surface area contributed by atoms with Gasteiger partial charge in [0, 0.05) is 25.3 Å². The molecule has 1 aromatic heterocycles. The fourth-order valence-electron chi connectivity index (χ4n) is 1.53. The molecule has 6 heteroatoms. The van der Waals surface area contributed by atoms with E-state index in [-0.39, 0.29) is 5.54 Å². The third-order valence-corrected chi connectivity index (χ3v) is 2.68. The van der Waals surface area contributed by atoms with Crippen molar-refractivity contribution in [1.29, 1.82) is 0 Å². The first-order chi connectivity index (χ1) is 9.03. The molecule has 1 aromatic rings. The van der Waals surface area contributed by atoms with E-state index in [1.807, 2.05) is 4.68 Å². The minimum absolute atomic E-state index is 0.0695. The van der Waals surface area contributed by atoms with Crippen molar-refractivity contribution < 1.29 is 4.74 Å². The van der Waals surface area contributed by atoms with Gasteiger partial charge >= 0.3 is 0 Å². The number of nitrogens with zero attached hydrogens (tertiary/aromatic N) is 4. The van der Waals surface area contributed by atoms with Crippen LogP contribution in [0.3, 0.4) is 0 Å². The summed E-state index contributed by atoms with van der Waals surface area (Å²) >= 11 is 0. The van der Waals surface area contributed by atoms with Gasteiger partial charge in [-0.1, -0.05) is 13.3 Å². The lowest BCUT2D eigenvalue weighted by Gasteiger charge is -2.19. The van der Waals surface area contributed by atoms with E-state index in [0.29, 0.717) is 6.54 Å². The standard InChI is InChI=1S/C13H27N5O/c1-5-6-9-19-10-7-8-18-12(15-16-17-18)11-14-13(2,3)4/h14H,5-11H2,1-4H3. The molecule has 110 valence electrons. The number of rotatable bonds is 9. The largest absolute Gasteiger partial charge is 0.381 e. The van der Waals surface area contributed by atoms with Gasteiger partial charge in [-0.25, -0.2) is 4.68 Å². The zero-order valence-electron chi connectivity index (χ0n) is 12.6. The van der Waals surface area contributed by atoms with Crippen molar-refractivity contribution in [3.8, 4) is 0 Å². The lowest BCUT2D eigenvalue weighted by Crippen LogP contribution is -2.36. The number of ether oxygens (including phenoxy) is 1. The Balaban J connectivity index is 2.25. The van der Waals surface area contributed by atoms with Crippen molar-refractivity contribution in [2.24, 2.45) is 0 Å². The van der Waals surface area contributed by atoms with Gasteiger partial charge in [0.2, 0.25) is 0 Å². The molecule has 0 saturated carbocycles. The van der Waals surface area contributed by atoms with E-state index in [1.165, 1.54) is 6.42 Å². The van der Waals surface area contributed by atoms with E-state index in [9.17, 15) is 0 Å². The molecule has 1 rings (SSSR count). The Labute approximate surface area is 115 Å². The number of hydrogen-bond donors (Lipinski definition) is 1. The molecule has 0 aliphatic carbocycles. The van der Waals surface area contributed by atoms with Crippen LogP contribution in [0.1, 0.15) is 52.8 Å². The Kier molecular flexibility index (Phi) is 6.94. The molecule has 0 fully saturated rings. The van der Waals surface area contributed by atoms with Gasteiger partial charge in [-0.2, -0.15) is 0 Å². The maximum absolute atomic E-state index is 5.53. The molecule has 0 radical (unpaired) electrons. The highest BCUT2D eigenvalue weighted by Crippen LogP contribution is 2.02. The van der Waals surface area contributed by atoms with Crippen LogP contribution >= 0.6 is 0 Å². The maximum Gasteiger partial charge on any atom is 0.165 e. The number of tetrazole rings is 1. The van der Waals surface area contributed by atoms with E-state index in [1.54, 1.807) is 0 Å². The summed E-state index contributed by atoms with van der Waals surface area (Å²) in [6.45, 7) is 11.7. The Bertz CT molecular complexity index is 345. The van der Waals surface area contributed by atoms with Gasteiger partial charge in [-0.15, -0.1) is 5.10 Å². The molecule has 0 bridgehead atoms. The zero-order valence-corrected chi connectivity index (χ0v) is 12.6. The number of hydrogen-bond acceptors (Lipinski definition) is 5. The summed E-state index contributed by atoms with van der Waals surface area (Å²) in [5.41, 5.74) is 0.0695. The average Bonchev–Trinajstić information content (AvgIpc) is 2.78. The summed E-state index contributed by atoms with van der Waals surface area (Å²) < 4.78 is 7.38. The third-order valence-electron chi connectivity index (χ3n) is 2.68. The van der Waals surface area contributed by atoms with Gasteiger partial charge in [0.05, 0.1) is 6.54 Å². The van der Waals surface area contributed by atoms with Crippen LogP contribution in [-0.4, -0.2) is 39.0 Å². The zero-order chi connectivity index (χ0) is 14.1. The Hall–Kier alpha value is -1.01. The highest BCUT2D eigenvalue weighted by Gasteiger charge is 2.12. The monoisotopic (exact) mass is 269 g/mol. The quantitative estimate of drug-likeness (QED) is 0.692. The summed E-state index contributed by atoms with van der Waals surface area (Å²) in [6.07, 6.45) is 3.25. The fourth-order valence-corrected chi connectivity index (χ4v) is 1.53. The highest BCUT2D eigenvalue weighted by molar-refractivity contribution is 4.83. The van der Waals surface area contributed by atoms with Crippen molar-refractivity contribution in [1.82, 2.24) is 25.5 Å². The van der Waals surface area contributed by atoms with E-state index >= 15 is 0 Å². The summed E-state index contributed by atoms with van der Waals surface area (Å²) in [6, 6.07) is 0. The first-order valence-electron chi connectivity index (χ1n) is 7.11. The van der Waals surface area contributed by atoms with Crippen LogP contribution in [0.25, 0.3) is 0 Å². The molecule has 1 heterocycles. The smallest absolute Gasteiger partial charge is 0.165 e. The topological polar surface area (TPSA) is 64.9 Å². The maximum atomic E-state index is 5.53. The van der Waals surface area contributed by atoms with Crippen LogP contribution in [0.15, 0.2) is 0 Å². The van der Waals surface area contributed by atoms with E-state index in [2.05, 4.69) is 48.5 Å². The molecule has 0 aromatic carbocycles. The van der Waals surface area contributed by atoms with Crippen LogP contribution in [0.5, 0.6) is 0 Å². The van der Waals surface area contributed by atoms with Gasteiger partial charge in [0.1, 0.15) is 0 Å². The van der Waals surface area contributed by atoms with Crippen LogP contribution in [-0.2, 0) is 17.8 Å². The van der Waals surface area contributed by atoms with E-state index in [0.717, 1.165) is 38.4 Å². The normalized spacial score (nSPS) is 12.0. The van der Waals surface area contributed by atoms with Crippen LogP contribution < -0.4 is 5.32 Å². The lowest BCUT2D eigenvalue weighted by atomic mass is 10.1. The Morgan fingerprint density at radius 2 is 1.95 bits per heavy atom.